The number of carbonyl (C=O) groups excluding carboxylic acids is 3. The number of hydrogen-bond donors (Lipinski definition) is 1. The minimum absolute atomic E-state index is 0.0759. The molecule has 4 atom stereocenters. The van der Waals surface area contributed by atoms with Gasteiger partial charge in [0.2, 0.25) is 5.91 Å². The summed E-state index contributed by atoms with van der Waals surface area (Å²) < 4.78 is 11.5. The lowest BCUT2D eigenvalue weighted by Crippen LogP contribution is -2.48. The van der Waals surface area contributed by atoms with Crippen molar-refractivity contribution in [2.75, 3.05) is 0 Å². The highest BCUT2D eigenvalue weighted by atomic mass is 16.6. The van der Waals surface area contributed by atoms with E-state index in [1.54, 1.807) is 0 Å². The molecule has 6 nitrogen and oxygen atoms in total. The van der Waals surface area contributed by atoms with Crippen LogP contribution in [0.1, 0.15) is 144 Å². The van der Waals surface area contributed by atoms with Crippen LogP contribution < -0.4 is 5.32 Å². The van der Waals surface area contributed by atoms with Crippen LogP contribution in [0.25, 0.3) is 0 Å². The van der Waals surface area contributed by atoms with Crippen molar-refractivity contribution in [1.82, 2.24) is 5.32 Å². The lowest BCUT2D eigenvalue weighted by molar-refractivity contribution is -0.190. The fraction of sp³-hybridized carbons (Fsp3) is 0.900. The van der Waals surface area contributed by atoms with Crippen LogP contribution in [0, 0.1) is 11.8 Å². The predicted octanol–water partition coefficient (Wildman–Crippen LogP) is 7.27. The molecule has 1 heterocycles. The molecule has 0 aromatic carbocycles. The Kier molecular flexibility index (Phi) is 17.6. The molecule has 0 saturated carbocycles. The Labute approximate surface area is 221 Å². The molecule has 6 heteroatoms. The molecule has 1 saturated heterocycles. The first-order valence-electron chi connectivity index (χ1n) is 15.0. The molecule has 0 radical (unpaired) electrons. The van der Waals surface area contributed by atoms with Crippen molar-refractivity contribution in [2.24, 2.45) is 11.8 Å². The van der Waals surface area contributed by atoms with Gasteiger partial charge in [-0.05, 0) is 31.6 Å². The number of ether oxygens (including phenoxy) is 2. The molecule has 1 amide bonds. The molecule has 0 bridgehead atoms. The van der Waals surface area contributed by atoms with Gasteiger partial charge in [0, 0.05) is 13.3 Å². The Balaban J connectivity index is 2.63. The van der Waals surface area contributed by atoms with E-state index in [4.69, 9.17) is 9.47 Å². The van der Waals surface area contributed by atoms with Crippen LogP contribution in [-0.2, 0) is 23.9 Å². The van der Waals surface area contributed by atoms with E-state index in [0.29, 0.717) is 12.8 Å². The maximum atomic E-state index is 13.0. The zero-order valence-corrected chi connectivity index (χ0v) is 23.9. The van der Waals surface area contributed by atoms with E-state index in [2.05, 4.69) is 19.2 Å². The first-order chi connectivity index (χ1) is 17.3. The molecule has 1 aliphatic rings. The van der Waals surface area contributed by atoms with Crippen molar-refractivity contribution in [2.45, 2.75) is 162 Å². The number of carbonyl (C=O) groups is 3. The van der Waals surface area contributed by atoms with Gasteiger partial charge in [0.15, 0.2) is 0 Å². The molecular weight excluding hydrogens is 454 g/mol. The Bertz CT molecular complexity index is 620. The van der Waals surface area contributed by atoms with Crippen molar-refractivity contribution in [3.8, 4) is 0 Å². The minimum atomic E-state index is -0.637. The highest BCUT2D eigenvalue weighted by Gasteiger charge is 2.43. The average Bonchev–Trinajstić information content (AvgIpc) is 2.81. The summed E-state index contributed by atoms with van der Waals surface area (Å²) in [6.45, 7) is 9.90. The maximum Gasteiger partial charge on any atom is 0.328 e. The zero-order valence-electron chi connectivity index (χ0n) is 23.9. The number of amides is 1. The standard InChI is InChI=1S/C30H55NO5/c1-6-8-10-12-13-14-15-16-17-19-25(35-30(34)27(21-23(3)4)31-24(5)32)22-28-26(29(33)36-28)20-18-11-9-7-2/h23,25-28H,6-22H2,1-5H3,(H,31,32)/t25?,26-,27+,28-/m1/s1. The molecule has 1 rings (SSSR count). The third-order valence-corrected chi connectivity index (χ3v) is 7.16. The molecule has 1 fully saturated rings. The van der Waals surface area contributed by atoms with E-state index < -0.39 is 6.04 Å². The summed E-state index contributed by atoms with van der Waals surface area (Å²) >= 11 is 0. The van der Waals surface area contributed by atoms with E-state index in [0.717, 1.165) is 38.5 Å². The van der Waals surface area contributed by atoms with E-state index in [-0.39, 0.29) is 41.9 Å². The third kappa shape index (κ3) is 14.2. The highest BCUT2D eigenvalue weighted by Crippen LogP contribution is 2.32. The SMILES string of the molecule is CCCCCCCCCCCC(C[C@H]1OC(=O)[C@@H]1CCCCCC)OC(=O)[C@H](CC(C)C)NC(C)=O. The van der Waals surface area contributed by atoms with Gasteiger partial charge in [0.25, 0.3) is 0 Å². The van der Waals surface area contributed by atoms with Crippen molar-refractivity contribution in [1.29, 1.82) is 0 Å². The summed E-state index contributed by atoms with van der Waals surface area (Å²) in [7, 11) is 0. The number of unbranched alkanes of at least 4 members (excludes halogenated alkanes) is 11. The molecule has 1 N–H and O–H groups in total. The van der Waals surface area contributed by atoms with Crippen LogP contribution in [0.4, 0.5) is 0 Å². The van der Waals surface area contributed by atoms with Crippen LogP contribution in [0.3, 0.4) is 0 Å². The van der Waals surface area contributed by atoms with Crippen LogP contribution in [0.5, 0.6) is 0 Å². The van der Waals surface area contributed by atoms with Crippen molar-refractivity contribution in [3.05, 3.63) is 0 Å². The van der Waals surface area contributed by atoms with Gasteiger partial charge in [-0.1, -0.05) is 105 Å². The predicted molar refractivity (Wildman–Crippen MR) is 146 cm³/mol. The van der Waals surface area contributed by atoms with Gasteiger partial charge in [0.05, 0.1) is 5.92 Å². The fourth-order valence-corrected chi connectivity index (χ4v) is 5.05. The molecule has 1 aliphatic heterocycles. The van der Waals surface area contributed by atoms with E-state index in [1.807, 2.05) is 13.8 Å². The lowest BCUT2D eigenvalue weighted by Gasteiger charge is -2.37. The summed E-state index contributed by atoms with van der Waals surface area (Å²) in [4.78, 5) is 36.8. The lowest BCUT2D eigenvalue weighted by atomic mass is 9.86. The molecule has 0 aliphatic carbocycles. The van der Waals surface area contributed by atoms with Crippen LogP contribution >= 0.6 is 0 Å². The summed E-state index contributed by atoms with van der Waals surface area (Å²) in [6, 6.07) is -0.637. The van der Waals surface area contributed by atoms with Gasteiger partial charge in [-0.15, -0.1) is 0 Å². The summed E-state index contributed by atoms with van der Waals surface area (Å²) in [5.74, 6) is -0.531. The highest BCUT2D eigenvalue weighted by molar-refractivity contribution is 5.83. The number of hydrogen-bond acceptors (Lipinski definition) is 5. The van der Waals surface area contributed by atoms with E-state index in [1.165, 1.54) is 64.7 Å². The molecule has 0 spiro atoms. The number of cyclic esters (lactones) is 1. The Morgan fingerprint density at radius 3 is 1.97 bits per heavy atom. The number of esters is 2. The second kappa shape index (κ2) is 19.5. The molecule has 1 unspecified atom stereocenters. The fourth-order valence-electron chi connectivity index (χ4n) is 5.05. The van der Waals surface area contributed by atoms with Crippen LogP contribution in [-0.4, -0.2) is 36.1 Å². The van der Waals surface area contributed by atoms with Gasteiger partial charge in [0.1, 0.15) is 18.2 Å². The molecule has 210 valence electrons. The quantitative estimate of drug-likeness (QED) is 0.123. The second-order valence-electron chi connectivity index (χ2n) is 11.2. The monoisotopic (exact) mass is 509 g/mol. The normalized spacial score (nSPS) is 18.9. The van der Waals surface area contributed by atoms with Crippen molar-refractivity contribution in [3.63, 3.8) is 0 Å². The van der Waals surface area contributed by atoms with Crippen molar-refractivity contribution < 1.29 is 23.9 Å². The van der Waals surface area contributed by atoms with Crippen LogP contribution in [0.2, 0.25) is 0 Å². The minimum Gasteiger partial charge on any atom is -0.461 e. The van der Waals surface area contributed by atoms with Crippen LogP contribution in [0.15, 0.2) is 0 Å². The summed E-state index contributed by atoms with van der Waals surface area (Å²) in [6.07, 6.45) is 17.9. The zero-order chi connectivity index (χ0) is 26.8. The van der Waals surface area contributed by atoms with Gasteiger partial charge in [-0.3, -0.25) is 9.59 Å². The molecular formula is C30H55NO5. The molecule has 0 aromatic rings. The van der Waals surface area contributed by atoms with Gasteiger partial charge in [-0.25, -0.2) is 4.79 Å². The Morgan fingerprint density at radius 1 is 0.889 bits per heavy atom. The topological polar surface area (TPSA) is 81.7 Å². The molecule has 0 aromatic heterocycles. The first-order valence-corrected chi connectivity index (χ1v) is 15.0. The summed E-state index contributed by atoms with van der Waals surface area (Å²) in [5, 5.41) is 2.76. The van der Waals surface area contributed by atoms with Crippen molar-refractivity contribution >= 4 is 17.8 Å². The molecule has 36 heavy (non-hydrogen) atoms. The van der Waals surface area contributed by atoms with Gasteiger partial charge >= 0.3 is 11.9 Å². The number of rotatable bonds is 22. The Hall–Kier alpha value is -1.59. The Morgan fingerprint density at radius 2 is 1.44 bits per heavy atom. The largest absolute Gasteiger partial charge is 0.461 e. The average molecular weight is 510 g/mol. The second-order valence-corrected chi connectivity index (χ2v) is 11.2. The van der Waals surface area contributed by atoms with E-state index >= 15 is 0 Å². The third-order valence-electron chi connectivity index (χ3n) is 7.16. The van der Waals surface area contributed by atoms with E-state index in [9.17, 15) is 14.4 Å². The smallest absolute Gasteiger partial charge is 0.328 e. The first kappa shape index (κ1) is 32.4. The maximum absolute atomic E-state index is 13.0. The number of nitrogens with one attached hydrogen (secondary N) is 1. The van der Waals surface area contributed by atoms with Gasteiger partial charge in [-0.2, -0.15) is 0 Å². The van der Waals surface area contributed by atoms with Gasteiger partial charge < -0.3 is 14.8 Å². The summed E-state index contributed by atoms with van der Waals surface area (Å²) in [5.41, 5.74) is 0.